The molecule has 1 aromatic rings. The van der Waals surface area contributed by atoms with Gasteiger partial charge >= 0.3 is 0 Å². The van der Waals surface area contributed by atoms with Crippen LogP contribution in [0.1, 0.15) is 29.6 Å². The summed E-state index contributed by atoms with van der Waals surface area (Å²) < 4.78 is 10.3. The third-order valence-corrected chi connectivity index (χ3v) is 3.91. The third-order valence-electron chi connectivity index (χ3n) is 3.91. The summed E-state index contributed by atoms with van der Waals surface area (Å²) in [6.07, 6.45) is 3.27. The van der Waals surface area contributed by atoms with E-state index in [2.05, 4.69) is 5.32 Å². The molecule has 0 aromatic heterocycles. The molecular formula is C15H22N2O3. The summed E-state index contributed by atoms with van der Waals surface area (Å²) >= 11 is 0. The Balaban J connectivity index is 1.97. The molecule has 0 spiro atoms. The lowest BCUT2D eigenvalue weighted by Crippen LogP contribution is -2.31. The molecule has 0 saturated heterocycles. The molecule has 5 heteroatoms. The fourth-order valence-corrected chi connectivity index (χ4v) is 2.34. The van der Waals surface area contributed by atoms with Crippen LogP contribution < -0.4 is 15.8 Å². The fourth-order valence-electron chi connectivity index (χ4n) is 2.34. The first kappa shape index (κ1) is 14.7. The molecule has 0 unspecified atom stereocenters. The van der Waals surface area contributed by atoms with E-state index in [1.165, 1.54) is 7.11 Å². The van der Waals surface area contributed by atoms with Crippen LogP contribution in [-0.4, -0.2) is 33.3 Å². The summed E-state index contributed by atoms with van der Waals surface area (Å²) in [6, 6.07) is 5.19. The minimum absolute atomic E-state index is 0.141. The Morgan fingerprint density at radius 3 is 2.75 bits per heavy atom. The number of methoxy groups -OCH3 is 2. The Morgan fingerprint density at radius 2 is 2.15 bits per heavy atom. The molecule has 1 saturated carbocycles. The highest BCUT2D eigenvalue weighted by Crippen LogP contribution is 2.48. The van der Waals surface area contributed by atoms with Gasteiger partial charge in [0.05, 0.1) is 18.4 Å². The summed E-state index contributed by atoms with van der Waals surface area (Å²) in [5, 5.41) is 2.98. The minimum Gasteiger partial charge on any atom is -0.494 e. The van der Waals surface area contributed by atoms with Crippen LogP contribution in [0.4, 0.5) is 5.69 Å². The number of carbonyl (C=O) groups is 1. The first-order chi connectivity index (χ1) is 9.62. The molecule has 1 aliphatic rings. The molecule has 0 atom stereocenters. The van der Waals surface area contributed by atoms with E-state index in [1.54, 1.807) is 25.3 Å². The minimum atomic E-state index is -0.141. The van der Waals surface area contributed by atoms with E-state index in [1.807, 2.05) is 0 Å². The first-order valence-corrected chi connectivity index (χ1v) is 6.81. The monoisotopic (exact) mass is 278 g/mol. The average Bonchev–Trinajstić information content (AvgIpc) is 3.23. The largest absolute Gasteiger partial charge is 0.494 e. The highest BCUT2D eigenvalue weighted by molar-refractivity contribution is 5.98. The maximum Gasteiger partial charge on any atom is 0.255 e. The van der Waals surface area contributed by atoms with Gasteiger partial charge < -0.3 is 20.5 Å². The van der Waals surface area contributed by atoms with E-state index in [0.29, 0.717) is 23.5 Å². The Hall–Kier alpha value is -1.75. The predicted molar refractivity (Wildman–Crippen MR) is 77.9 cm³/mol. The van der Waals surface area contributed by atoms with Crippen molar-refractivity contribution in [3.8, 4) is 5.75 Å². The lowest BCUT2D eigenvalue weighted by molar-refractivity contribution is 0.0935. The van der Waals surface area contributed by atoms with E-state index in [4.69, 9.17) is 15.2 Å². The molecule has 0 heterocycles. The number of hydrogen-bond donors (Lipinski definition) is 2. The second-order valence-electron chi connectivity index (χ2n) is 5.35. The van der Waals surface area contributed by atoms with E-state index in [-0.39, 0.29) is 11.3 Å². The number of para-hydroxylation sites is 1. The molecule has 20 heavy (non-hydrogen) atoms. The van der Waals surface area contributed by atoms with Gasteiger partial charge in [0.25, 0.3) is 5.91 Å². The van der Waals surface area contributed by atoms with Gasteiger partial charge in [0.15, 0.2) is 5.75 Å². The molecule has 1 aromatic carbocycles. The molecular weight excluding hydrogens is 256 g/mol. The maximum atomic E-state index is 12.2. The van der Waals surface area contributed by atoms with Gasteiger partial charge in [-0.3, -0.25) is 4.79 Å². The van der Waals surface area contributed by atoms with Crippen molar-refractivity contribution in [3.05, 3.63) is 23.8 Å². The molecule has 1 aliphatic carbocycles. The number of rotatable bonds is 7. The van der Waals surface area contributed by atoms with Crippen molar-refractivity contribution in [1.82, 2.24) is 5.32 Å². The van der Waals surface area contributed by atoms with Crippen molar-refractivity contribution in [2.75, 3.05) is 33.1 Å². The Kier molecular flexibility index (Phi) is 4.49. The van der Waals surface area contributed by atoms with Gasteiger partial charge in [-0.05, 0) is 36.8 Å². The van der Waals surface area contributed by atoms with Crippen LogP contribution in [0.3, 0.4) is 0 Å². The third kappa shape index (κ3) is 3.22. The molecule has 5 nitrogen and oxygen atoms in total. The topological polar surface area (TPSA) is 73.6 Å². The molecule has 1 fully saturated rings. The summed E-state index contributed by atoms with van der Waals surface area (Å²) in [5.74, 6) is 0.296. The zero-order valence-corrected chi connectivity index (χ0v) is 12.1. The fraction of sp³-hybridized carbons (Fsp3) is 0.533. The smallest absolute Gasteiger partial charge is 0.255 e. The molecule has 3 N–H and O–H groups in total. The van der Waals surface area contributed by atoms with Gasteiger partial charge in [-0.25, -0.2) is 0 Å². The van der Waals surface area contributed by atoms with Crippen LogP contribution >= 0.6 is 0 Å². The number of amides is 1. The predicted octanol–water partition coefficient (Wildman–Crippen LogP) is 1.82. The number of nitrogens with two attached hydrogens (primary N) is 1. The van der Waals surface area contributed by atoms with Crippen molar-refractivity contribution < 1.29 is 14.3 Å². The summed E-state index contributed by atoms with van der Waals surface area (Å²) in [4.78, 5) is 12.2. The number of carbonyl (C=O) groups excluding carboxylic acids is 1. The summed E-state index contributed by atoms with van der Waals surface area (Å²) in [6.45, 7) is 1.41. The van der Waals surface area contributed by atoms with Crippen LogP contribution in [-0.2, 0) is 4.74 Å². The lowest BCUT2D eigenvalue weighted by Gasteiger charge is -2.16. The van der Waals surface area contributed by atoms with Crippen molar-refractivity contribution in [2.24, 2.45) is 5.41 Å². The molecule has 0 aliphatic heterocycles. The number of anilines is 1. The van der Waals surface area contributed by atoms with Gasteiger partial charge in [0.1, 0.15) is 0 Å². The van der Waals surface area contributed by atoms with Gasteiger partial charge in [0.2, 0.25) is 0 Å². The molecule has 0 bridgehead atoms. The number of benzene rings is 1. The SMILES string of the molecule is COCCC1(CNC(=O)c2cccc(N)c2OC)CC1. The van der Waals surface area contributed by atoms with E-state index in [9.17, 15) is 4.79 Å². The van der Waals surface area contributed by atoms with Crippen LogP contribution in [0.15, 0.2) is 18.2 Å². The van der Waals surface area contributed by atoms with E-state index in [0.717, 1.165) is 25.9 Å². The second kappa shape index (κ2) is 6.13. The Labute approximate surface area is 119 Å². The van der Waals surface area contributed by atoms with Crippen LogP contribution in [0, 0.1) is 5.41 Å². The van der Waals surface area contributed by atoms with Crippen molar-refractivity contribution >= 4 is 11.6 Å². The van der Waals surface area contributed by atoms with Crippen molar-refractivity contribution in [3.63, 3.8) is 0 Å². The zero-order chi connectivity index (χ0) is 14.6. The zero-order valence-electron chi connectivity index (χ0n) is 12.1. The van der Waals surface area contributed by atoms with Crippen molar-refractivity contribution in [2.45, 2.75) is 19.3 Å². The van der Waals surface area contributed by atoms with E-state index < -0.39 is 0 Å². The summed E-state index contributed by atoms with van der Waals surface area (Å²) in [7, 11) is 3.22. The van der Waals surface area contributed by atoms with Crippen LogP contribution in [0.5, 0.6) is 5.75 Å². The van der Waals surface area contributed by atoms with Gasteiger partial charge in [-0.15, -0.1) is 0 Å². The quantitative estimate of drug-likeness (QED) is 0.746. The Morgan fingerprint density at radius 1 is 1.40 bits per heavy atom. The molecule has 110 valence electrons. The highest BCUT2D eigenvalue weighted by Gasteiger charge is 2.42. The number of nitrogens with one attached hydrogen (secondary N) is 1. The maximum absolute atomic E-state index is 12.2. The highest BCUT2D eigenvalue weighted by atomic mass is 16.5. The standard InChI is InChI=1S/C15H22N2O3/c1-19-9-8-15(6-7-15)10-17-14(18)11-4-3-5-12(16)13(11)20-2/h3-5H,6-10,16H2,1-2H3,(H,17,18). The molecule has 1 amide bonds. The Bertz CT molecular complexity index is 484. The molecule has 0 radical (unpaired) electrons. The van der Waals surface area contributed by atoms with Gasteiger partial charge in [-0.2, -0.15) is 0 Å². The van der Waals surface area contributed by atoms with Crippen molar-refractivity contribution in [1.29, 1.82) is 0 Å². The van der Waals surface area contributed by atoms with Crippen LogP contribution in [0.2, 0.25) is 0 Å². The molecule has 2 rings (SSSR count). The van der Waals surface area contributed by atoms with E-state index >= 15 is 0 Å². The number of ether oxygens (including phenoxy) is 2. The lowest BCUT2D eigenvalue weighted by atomic mass is 10.0. The summed E-state index contributed by atoms with van der Waals surface area (Å²) in [5.41, 5.74) is 6.98. The first-order valence-electron chi connectivity index (χ1n) is 6.81. The van der Waals surface area contributed by atoms with Crippen LogP contribution in [0.25, 0.3) is 0 Å². The number of nitrogen functional groups attached to an aromatic ring is 1. The average molecular weight is 278 g/mol. The number of hydrogen-bond acceptors (Lipinski definition) is 4. The van der Waals surface area contributed by atoms with Gasteiger partial charge in [0, 0.05) is 20.3 Å². The van der Waals surface area contributed by atoms with Gasteiger partial charge in [-0.1, -0.05) is 6.07 Å². The second-order valence-corrected chi connectivity index (χ2v) is 5.35. The normalized spacial score (nSPS) is 15.7.